The fourth-order valence-electron chi connectivity index (χ4n) is 0.581. The second-order valence-corrected chi connectivity index (χ2v) is 2.41. The minimum absolute atomic E-state index is 0.248. The van der Waals surface area contributed by atoms with Crippen LogP contribution in [-0.2, 0) is 6.42 Å². The molecule has 0 unspecified atom stereocenters. The van der Waals surface area contributed by atoms with Crippen molar-refractivity contribution in [3.05, 3.63) is 16.6 Å². The molecule has 0 aliphatic carbocycles. The Morgan fingerprint density at radius 1 is 1.78 bits per heavy atom. The largest absolute Gasteiger partial charge is 0.396 e. The highest BCUT2D eigenvalue weighted by atomic mass is 32.1. The summed E-state index contributed by atoms with van der Waals surface area (Å²) in [6.45, 7) is 0.248. The van der Waals surface area contributed by atoms with E-state index in [1.54, 1.807) is 0 Å². The van der Waals surface area contributed by atoms with Gasteiger partial charge in [-0.05, 0) is 12.8 Å². The average molecular weight is 142 g/mol. The Hall–Kier alpha value is -0.410. The van der Waals surface area contributed by atoms with Gasteiger partial charge in [0.1, 0.15) is 0 Å². The fourth-order valence-corrected chi connectivity index (χ4v) is 1.11. The lowest BCUT2D eigenvalue weighted by Crippen LogP contribution is -1.88. The molecule has 3 heteroatoms. The van der Waals surface area contributed by atoms with Crippen molar-refractivity contribution < 1.29 is 5.11 Å². The monoisotopic (exact) mass is 142 g/mol. The molecule has 0 fully saturated rings. The summed E-state index contributed by atoms with van der Waals surface area (Å²) < 4.78 is 0. The standard InChI is InChI=1S/C6H8NOS/c8-3-1-2-6-4-9-5-7-6/h4,8H,1-3H2. The van der Waals surface area contributed by atoms with E-state index in [1.165, 1.54) is 11.3 Å². The number of aliphatic hydroxyl groups excluding tert-OH is 1. The maximum absolute atomic E-state index is 8.43. The normalized spacial score (nSPS) is 9.89. The van der Waals surface area contributed by atoms with Gasteiger partial charge in [-0.15, -0.1) is 11.3 Å². The Balaban J connectivity index is 2.30. The van der Waals surface area contributed by atoms with Gasteiger partial charge >= 0.3 is 0 Å². The zero-order valence-electron chi connectivity index (χ0n) is 5.00. The van der Waals surface area contributed by atoms with Crippen LogP contribution in [0.15, 0.2) is 5.38 Å². The lowest BCUT2D eigenvalue weighted by molar-refractivity contribution is 0.288. The van der Waals surface area contributed by atoms with Crippen molar-refractivity contribution in [2.45, 2.75) is 12.8 Å². The predicted octanol–water partition coefficient (Wildman–Crippen LogP) is 0.868. The Bertz CT molecular complexity index is 150. The number of hydrogen-bond donors (Lipinski definition) is 1. The van der Waals surface area contributed by atoms with Crippen molar-refractivity contribution in [1.82, 2.24) is 4.98 Å². The molecule has 1 aromatic heterocycles. The molecule has 0 bridgehead atoms. The molecule has 0 aliphatic rings. The second-order valence-electron chi connectivity index (χ2n) is 1.76. The minimum atomic E-state index is 0.248. The second kappa shape index (κ2) is 3.58. The molecule has 49 valence electrons. The zero-order valence-corrected chi connectivity index (χ0v) is 5.82. The first-order chi connectivity index (χ1) is 4.43. The fraction of sp³-hybridized carbons (Fsp3) is 0.500. The molecule has 0 saturated carbocycles. The summed E-state index contributed by atoms with van der Waals surface area (Å²) in [5, 5.41) is 10.4. The van der Waals surface area contributed by atoms with Gasteiger partial charge in [0.2, 0.25) is 0 Å². The molecule has 0 aliphatic heterocycles. The van der Waals surface area contributed by atoms with Crippen LogP contribution in [0.3, 0.4) is 0 Å². The first-order valence-corrected chi connectivity index (χ1v) is 3.73. The van der Waals surface area contributed by atoms with Crippen LogP contribution in [0.2, 0.25) is 0 Å². The molecule has 1 heterocycles. The van der Waals surface area contributed by atoms with Gasteiger partial charge in [0.05, 0.1) is 5.69 Å². The molecule has 0 amide bonds. The van der Waals surface area contributed by atoms with E-state index in [2.05, 4.69) is 10.5 Å². The number of aryl methyl sites for hydroxylation is 1. The highest BCUT2D eigenvalue weighted by Crippen LogP contribution is 2.01. The summed E-state index contributed by atoms with van der Waals surface area (Å²) in [7, 11) is 0. The van der Waals surface area contributed by atoms with Gasteiger partial charge in [0, 0.05) is 12.0 Å². The molecule has 1 N–H and O–H groups in total. The molecular formula is C6H8NOS. The van der Waals surface area contributed by atoms with Crippen molar-refractivity contribution >= 4 is 11.3 Å². The van der Waals surface area contributed by atoms with E-state index in [9.17, 15) is 0 Å². The molecule has 1 radical (unpaired) electrons. The van der Waals surface area contributed by atoms with Crippen LogP contribution in [0.25, 0.3) is 0 Å². The van der Waals surface area contributed by atoms with Crippen LogP contribution < -0.4 is 0 Å². The summed E-state index contributed by atoms with van der Waals surface area (Å²) in [5.74, 6) is 0. The van der Waals surface area contributed by atoms with Crippen LogP contribution in [0.4, 0.5) is 0 Å². The van der Waals surface area contributed by atoms with E-state index >= 15 is 0 Å². The SMILES string of the molecule is OCCCc1cs[c]n1. The summed E-state index contributed by atoms with van der Waals surface area (Å²) in [6.07, 6.45) is 1.67. The van der Waals surface area contributed by atoms with Gasteiger partial charge in [-0.25, -0.2) is 4.98 Å². The van der Waals surface area contributed by atoms with Gasteiger partial charge in [0.25, 0.3) is 0 Å². The molecule has 0 atom stereocenters. The Kier molecular flexibility index (Phi) is 2.67. The van der Waals surface area contributed by atoms with E-state index in [4.69, 9.17) is 5.11 Å². The smallest absolute Gasteiger partial charge is 0.152 e. The lowest BCUT2D eigenvalue weighted by atomic mass is 10.3. The number of nitrogens with zero attached hydrogens (tertiary/aromatic N) is 1. The molecule has 0 aromatic carbocycles. The average Bonchev–Trinajstić information content (AvgIpc) is 2.34. The Labute approximate surface area is 58.2 Å². The van der Waals surface area contributed by atoms with Crippen molar-refractivity contribution in [2.75, 3.05) is 6.61 Å². The minimum Gasteiger partial charge on any atom is -0.396 e. The van der Waals surface area contributed by atoms with Gasteiger partial charge < -0.3 is 5.11 Å². The Morgan fingerprint density at radius 3 is 3.22 bits per heavy atom. The van der Waals surface area contributed by atoms with Crippen molar-refractivity contribution in [3.63, 3.8) is 0 Å². The number of thiazole rings is 1. The van der Waals surface area contributed by atoms with E-state index in [-0.39, 0.29) is 6.61 Å². The van der Waals surface area contributed by atoms with Gasteiger partial charge in [-0.3, -0.25) is 0 Å². The van der Waals surface area contributed by atoms with Crippen LogP contribution in [0.5, 0.6) is 0 Å². The summed E-state index contributed by atoms with van der Waals surface area (Å²) in [5.41, 5.74) is 3.78. The van der Waals surface area contributed by atoms with E-state index in [0.29, 0.717) is 0 Å². The van der Waals surface area contributed by atoms with Crippen LogP contribution in [-0.4, -0.2) is 16.7 Å². The molecule has 1 aromatic rings. The Morgan fingerprint density at radius 2 is 2.67 bits per heavy atom. The number of hydrogen-bond acceptors (Lipinski definition) is 3. The number of rotatable bonds is 3. The molecule has 0 saturated heterocycles. The van der Waals surface area contributed by atoms with Gasteiger partial charge in [0.15, 0.2) is 5.51 Å². The van der Waals surface area contributed by atoms with Crippen LogP contribution in [0, 0.1) is 5.51 Å². The molecule has 1 rings (SSSR count). The molecule has 0 spiro atoms. The van der Waals surface area contributed by atoms with Gasteiger partial charge in [-0.1, -0.05) is 0 Å². The number of aromatic nitrogens is 1. The first-order valence-electron chi connectivity index (χ1n) is 2.85. The number of aliphatic hydroxyl groups is 1. The summed E-state index contributed by atoms with van der Waals surface area (Å²) in [4.78, 5) is 3.94. The quantitative estimate of drug-likeness (QED) is 0.679. The molecule has 9 heavy (non-hydrogen) atoms. The highest BCUT2D eigenvalue weighted by molar-refractivity contribution is 7.07. The van der Waals surface area contributed by atoms with Crippen molar-refractivity contribution in [2.24, 2.45) is 0 Å². The molecule has 2 nitrogen and oxygen atoms in total. The lowest BCUT2D eigenvalue weighted by Gasteiger charge is -1.89. The summed E-state index contributed by atoms with van der Waals surface area (Å²) >= 11 is 1.47. The van der Waals surface area contributed by atoms with Crippen molar-refractivity contribution in [3.8, 4) is 0 Å². The predicted molar refractivity (Wildman–Crippen MR) is 36.4 cm³/mol. The summed E-state index contributed by atoms with van der Waals surface area (Å²) in [6, 6.07) is 0. The first kappa shape index (κ1) is 6.71. The topological polar surface area (TPSA) is 33.1 Å². The van der Waals surface area contributed by atoms with Crippen LogP contribution in [0.1, 0.15) is 12.1 Å². The zero-order chi connectivity index (χ0) is 6.53. The maximum atomic E-state index is 8.43. The van der Waals surface area contributed by atoms with Gasteiger partial charge in [-0.2, -0.15) is 0 Å². The maximum Gasteiger partial charge on any atom is 0.152 e. The van der Waals surface area contributed by atoms with E-state index < -0.39 is 0 Å². The van der Waals surface area contributed by atoms with E-state index in [0.717, 1.165) is 18.5 Å². The highest BCUT2D eigenvalue weighted by Gasteiger charge is 1.91. The van der Waals surface area contributed by atoms with E-state index in [1.807, 2.05) is 5.38 Å². The third kappa shape index (κ3) is 2.11. The third-order valence-electron chi connectivity index (χ3n) is 1.03. The van der Waals surface area contributed by atoms with Crippen molar-refractivity contribution in [1.29, 1.82) is 0 Å². The van der Waals surface area contributed by atoms with Crippen LogP contribution >= 0.6 is 11.3 Å². The molecular weight excluding hydrogens is 134 g/mol. The third-order valence-corrected chi connectivity index (χ3v) is 1.61.